The van der Waals surface area contributed by atoms with Gasteiger partial charge in [-0.05, 0) is 18.1 Å². The molecule has 4 heteroatoms. The Bertz CT molecular complexity index is 418. The maximum atomic E-state index is 11.8. The van der Waals surface area contributed by atoms with Crippen LogP contribution in [0, 0.1) is 5.92 Å². The Hall–Kier alpha value is -1.16. The van der Waals surface area contributed by atoms with Crippen molar-refractivity contribution in [3.05, 3.63) is 29.8 Å². The average Bonchev–Trinajstić information content (AvgIpc) is 2.29. The summed E-state index contributed by atoms with van der Waals surface area (Å²) < 4.78 is 11.2. The predicted octanol–water partition coefficient (Wildman–Crippen LogP) is 2.55. The van der Waals surface area contributed by atoms with Gasteiger partial charge < -0.3 is 5.32 Å². The molecule has 0 aromatic heterocycles. The van der Waals surface area contributed by atoms with E-state index in [1.54, 1.807) is 6.26 Å². The Kier molecular flexibility index (Phi) is 5.35. The van der Waals surface area contributed by atoms with Gasteiger partial charge in [0.15, 0.2) is 0 Å². The first-order chi connectivity index (χ1) is 8.04. The third kappa shape index (κ3) is 4.30. The van der Waals surface area contributed by atoms with Gasteiger partial charge in [0, 0.05) is 28.7 Å². The Balaban J connectivity index is 2.83. The summed E-state index contributed by atoms with van der Waals surface area (Å²) in [4.78, 5) is 11.8. The third-order valence-corrected chi connectivity index (χ3v) is 3.41. The van der Waals surface area contributed by atoms with Crippen LogP contribution in [0.4, 0.5) is 5.69 Å². The molecule has 94 valence electrons. The van der Waals surface area contributed by atoms with Gasteiger partial charge in [0.05, 0.1) is 5.75 Å². The number of anilines is 1. The standard InChI is InChI=1S/C13H19NO2S/c1-4-10(2)13(15)14-12-8-6-5-7-11(12)9-17(3)16/h5-8,10H,4,9H2,1-3H3,(H,14,15)/t10-,17-/m0/s1. The molecule has 3 nitrogen and oxygen atoms in total. The molecule has 1 N–H and O–H groups in total. The molecule has 17 heavy (non-hydrogen) atoms. The number of benzene rings is 1. The van der Waals surface area contributed by atoms with Crippen molar-refractivity contribution < 1.29 is 9.00 Å². The summed E-state index contributed by atoms with van der Waals surface area (Å²) in [6, 6.07) is 7.51. The molecule has 0 aliphatic carbocycles. The summed E-state index contributed by atoms with van der Waals surface area (Å²) in [6.07, 6.45) is 2.47. The summed E-state index contributed by atoms with van der Waals surface area (Å²) >= 11 is 0. The van der Waals surface area contributed by atoms with Gasteiger partial charge in [0.2, 0.25) is 5.91 Å². The Morgan fingerprint density at radius 1 is 1.41 bits per heavy atom. The van der Waals surface area contributed by atoms with E-state index in [1.165, 1.54) is 0 Å². The molecule has 2 atom stereocenters. The van der Waals surface area contributed by atoms with Crippen LogP contribution in [0.3, 0.4) is 0 Å². The average molecular weight is 253 g/mol. The highest BCUT2D eigenvalue weighted by molar-refractivity contribution is 7.83. The van der Waals surface area contributed by atoms with E-state index >= 15 is 0 Å². The molecule has 0 fully saturated rings. The number of carbonyl (C=O) groups excluding carboxylic acids is 1. The first kappa shape index (κ1) is 13.9. The lowest BCUT2D eigenvalue weighted by molar-refractivity contribution is -0.119. The summed E-state index contributed by atoms with van der Waals surface area (Å²) in [5, 5.41) is 2.89. The van der Waals surface area contributed by atoms with Gasteiger partial charge >= 0.3 is 0 Å². The highest BCUT2D eigenvalue weighted by Gasteiger charge is 2.12. The molecule has 0 spiro atoms. The second kappa shape index (κ2) is 6.55. The zero-order valence-corrected chi connectivity index (χ0v) is 11.3. The minimum atomic E-state index is -0.905. The minimum Gasteiger partial charge on any atom is -0.326 e. The van der Waals surface area contributed by atoms with Crippen molar-refractivity contribution in [3.8, 4) is 0 Å². The predicted molar refractivity (Wildman–Crippen MR) is 72.3 cm³/mol. The lowest BCUT2D eigenvalue weighted by Gasteiger charge is -2.13. The summed E-state index contributed by atoms with van der Waals surface area (Å²) in [5.74, 6) is 0.480. The molecule has 0 heterocycles. The molecule has 0 aliphatic heterocycles. The van der Waals surface area contributed by atoms with E-state index in [0.29, 0.717) is 5.75 Å². The van der Waals surface area contributed by atoms with E-state index in [1.807, 2.05) is 38.1 Å². The van der Waals surface area contributed by atoms with Crippen LogP contribution < -0.4 is 5.32 Å². The second-order valence-corrected chi connectivity index (χ2v) is 5.61. The van der Waals surface area contributed by atoms with Crippen LogP contribution in [0.25, 0.3) is 0 Å². The molecule has 1 aromatic carbocycles. The van der Waals surface area contributed by atoms with Crippen molar-refractivity contribution in [1.29, 1.82) is 0 Å². The number of para-hydroxylation sites is 1. The Labute approximate surface area is 105 Å². The number of nitrogens with one attached hydrogen (secondary N) is 1. The minimum absolute atomic E-state index is 0.00446. The lowest BCUT2D eigenvalue weighted by atomic mass is 10.1. The summed E-state index contributed by atoms with van der Waals surface area (Å²) in [7, 11) is -0.905. The van der Waals surface area contributed by atoms with E-state index in [-0.39, 0.29) is 11.8 Å². The fraction of sp³-hybridized carbons (Fsp3) is 0.462. The normalized spacial score (nSPS) is 14.1. The fourth-order valence-corrected chi connectivity index (χ4v) is 2.12. The maximum absolute atomic E-state index is 11.8. The quantitative estimate of drug-likeness (QED) is 0.876. The second-order valence-electron chi connectivity index (χ2n) is 4.17. The van der Waals surface area contributed by atoms with Gasteiger partial charge in [-0.1, -0.05) is 32.0 Å². The van der Waals surface area contributed by atoms with Gasteiger partial charge in [-0.3, -0.25) is 9.00 Å². The van der Waals surface area contributed by atoms with Crippen molar-refractivity contribution in [2.75, 3.05) is 11.6 Å². The maximum Gasteiger partial charge on any atom is 0.227 e. The number of hydrogen-bond acceptors (Lipinski definition) is 2. The van der Waals surface area contributed by atoms with Gasteiger partial charge in [-0.2, -0.15) is 0 Å². The molecule has 0 unspecified atom stereocenters. The monoisotopic (exact) mass is 253 g/mol. The van der Waals surface area contributed by atoms with Gasteiger partial charge in [-0.25, -0.2) is 0 Å². The molecule has 0 aliphatic rings. The third-order valence-electron chi connectivity index (χ3n) is 2.69. The van der Waals surface area contributed by atoms with Crippen molar-refractivity contribution in [1.82, 2.24) is 0 Å². The Morgan fingerprint density at radius 2 is 2.06 bits per heavy atom. The summed E-state index contributed by atoms with van der Waals surface area (Å²) in [5.41, 5.74) is 1.69. The van der Waals surface area contributed by atoms with Crippen molar-refractivity contribution in [3.63, 3.8) is 0 Å². The van der Waals surface area contributed by atoms with Crippen molar-refractivity contribution in [2.45, 2.75) is 26.0 Å². The van der Waals surface area contributed by atoms with E-state index < -0.39 is 10.8 Å². The number of amides is 1. The first-order valence-corrected chi connectivity index (χ1v) is 7.46. The van der Waals surface area contributed by atoms with E-state index in [9.17, 15) is 9.00 Å². The van der Waals surface area contributed by atoms with Crippen molar-refractivity contribution >= 4 is 22.4 Å². The van der Waals surface area contributed by atoms with Crippen LogP contribution in [-0.2, 0) is 21.3 Å². The van der Waals surface area contributed by atoms with Gasteiger partial charge in [-0.15, -0.1) is 0 Å². The molecule has 0 bridgehead atoms. The molecule has 1 aromatic rings. The molecule has 1 rings (SSSR count). The van der Waals surface area contributed by atoms with E-state index in [4.69, 9.17) is 0 Å². The SMILES string of the molecule is CC[C@H](C)C(=O)Nc1ccccc1C[S@](C)=O. The molecular weight excluding hydrogens is 234 g/mol. The largest absolute Gasteiger partial charge is 0.326 e. The smallest absolute Gasteiger partial charge is 0.227 e. The molecular formula is C13H19NO2S. The number of carbonyl (C=O) groups is 1. The van der Waals surface area contributed by atoms with Crippen LogP contribution in [0.5, 0.6) is 0 Å². The molecule has 0 radical (unpaired) electrons. The van der Waals surface area contributed by atoms with Gasteiger partial charge in [0.1, 0.15) is 0 Å². The highest BCUT2D eigenvalue weighted by Crippen LogP contribution is 2.18. The zero-order chi connectivity index (χ0) is 12.8. The fourth-order valence-electron chi connectivity index (χ4n) is 1.43. The lowest BCUT2D eigenvalue weighted by Crippen LogP contribution is -2.20. The summed E-state index contributed by atoms with van der Waals surface area (Å²) in [6.45, 7) is 3.88. The van der Waals surface area contributed by atoms with Crippen LogP contribution in [0.1, 0.15) is 25.8 Å². The molecule has 0 saturated carbocycles. The first-order valence-electron chi connectivity index (χ1n) is 5.73. The highest BCUT2D eigenvalue weighted by atomic mass is 32.2. The Morgan fingerprint density at radius 3 is 2.65 bits per heavy atom. The van der Waals surface area contributed by atoms with Crippen LogP contribution in [0.2, 0.25) is 0 Å². The molecule has 0 saturated heterocycles. The van der Waals surface area contributed by atoms with Crippen LogP contribution >= 0.6 is 0 Å². The number of rotatable bonds is 5. The van der Waals surface area contributed by atoms with E-state index in [0.717, 1.165) is 17.7 Å². The van der Waals surface area contributed by atoms with Crippen LogP contribution in [-0.4, -0.2) is 16.4 Å². The van der Waals surface area contributed by atoms with Crippen molar-refractivity contribution in [2.24, 2.45) is 5.92 Å². The van der Waals surface area contributed by atoms with Crippen LogP contribution in [0.15, 0.2) is 24.3 Å². The molecule has 1 amide bonds. The van der Waals surface area contributed by atoms with Gasteiger partial charge in [0.25, 0.3) is 0 Å². The topological polar surface area (TPSA) is 46.2 Å². The zero-order valence-electron chi connectivity index (χ0n) is 10.5. The number of hydrogen-bond donors (Lipinski definition) is 1. The van der Waals surface area contributed by atoms with E-state index in [2.05, 4.69) is 5.32 Å².